The summed E-state index contributed by atoms with van der Waals surface area (Å²) in [6.45, 7) is 0. The molecule has 0 atom stereocenters. The largest absolute Gasteiger partial charge is 0.504 e. The minimum atomic E-state index is 0.0182. The van der Waals surface area contributed by atoms with E-state index in [1.165, 1.54) is 0 Å². The maximum absolute atomic E-state index is 10.6. The first-order valence-corrected chi connectivity index (χ1v) is 10.9. The number of benzene rings is 4. The Morgan fingerprint density at radius 3 is 2.00 bits per heavy atom. The summed E-state index contributed by atoms with van der Waals surface area (Å²) in [6.07, 6.45) is 2.77. The minimum Gasteiger partial charge on any atom is -0.504 e. The lowest BCUT2D eigenvalue weighted by Gasteiger charge is -2.14. The minimum absolute atomic E-state index is 0.0182. The number of ether oxygens (including phenoxy) is 2. The monoisotopic (exact) mass is 440 g/mol. The highest BCUT2D eigenvalue weighted by Gasteiger charge is 2.14. The molecule has 0 saturated heterocycles. The lowest BCUT2D eigenvalue weighted by molar-refractivity contribution is 0.382. The first-order valence-electron chi connectivity index (χ1n) is 10.9. The fourth-order valence-corrected chi connectivity index (χ4v) is 4.02. The summed E-state index contributed by atoms with van der Waals surface area (Å²) in [5, 5.41) is 31.3. The Labute approximate surface area is 192 Å². The van der Waals surface area contributed by atoms with Gasteiger partial charge in [0, 0.05) is 0 Å². The zero-order valence-corrected chi connectivity index (χ0v) is 18.0. The van der Waals surface area contributed by atoms with Gasteiger partial charge in [0.2, 0.25) is 0 Å². The lowest BCUT2D eigenvalue weighted by atomic mass is 10.0. The number of aromatic hydroxyl groups is 3. The Balaban J connectivity index is 1.54. The maximum atomic E-state index is 10.6. The van der Waals surface area contributed by atoms with Crippen molar-refractivity contribution in [3.8, 4) is 40.2 Å². The van der Waals surface area contributed by atoms with Crippen LogP contribution >= 0.6 is 0 Å². The van der Waals surface area contributed by atoms with E-state index in [2.05, 4.69) is 0 Å². The van der Waals surface area contributed by atoms with Gasteiger partial charge in [-0.15, -0.1) is 0 Å². The van der Waals surface area contributed by atoms with Gasteiger partial charge in [-0.1, -0.05) is 36.4 Å². The predicted octanol–water partition coefficient (Wildman–Crippen LogP) is 6.27. The Bertz CT molecular complexity index is 1290. The lowest BCUT2D eigenvalue weighted by Crippen LogP contribution is -1.97. The Morgan fingerprint density at radius 1 is 0.515 bits per heavy atom. The smallest absolute Gasteiger partial charge is 0.172 e. The molecule has 5 heteroatoms. The normalized spacial score (nSPS) is 13.2. The van der Waals surface area contributed by atoms with Crippen LogP contribution in [0.3, 0.4) is 0 Å². The van der Waals surface area contributed by atoms with Crippen molar-refractivity contribution < 1.29 is 24.8 Å². The molecule has 4 aromatic rings. The quantitative estimate of drug-likeness (QED) is 0.300. The fourth-order valence-electron chi connectivity index (χ4n) is 4.02. The molecule has 0 aromatic heterocycles. The third kappa shape index (κ3) is 4.58. The molecule has 6 bridgehead atoms. The van der Waals surface area contributed by atoms with E-state index in [-0.39, 0.29) is 17.2 Å². The second-order valence-corrected chi connectivity index (χ2v) is 8.22. The van der Waals surface area contributed by atoms with Crippen molar-refractivity contribution >= 4 is 0 Å². The molecule has 5 nitrogen and oxygen atoms in total. The van der Waals surface area contributed by atoms with Gasteiger partial charge in [-0.3, -0.25) is 0 Å². The van der Waals surface area contributed by atoms with Gasteiger partial charge >= 0.3 is 0 Å². The van der Waals surface area contributed by atoms with Crippen molar-refractivity contribution in [3.05, 3.63) is 101 Å². The van der Waals surface area contributed by atoms with Gasteiger partial charge in [-0.2, -0.15) is 0 Å². The molecule has 166 valence electrons. The first kappa shape index (κ1) is 20.8. The molecule has 4 aromatic carbocycles. The standard InChI is InChI=1S/C28H24O5/c29-23-14-9-20-5-4-19-10-15-26(25(31)16-19)33-28-21(2-1-3-24(28)30)11-6-18-7-12-22(13-8-18)32-27(23)17-20/h1-3,7-10,12-17,29-31H,4-6,11H2. The molecule has 33 heavy (non-hydrogen) atoms. The predicted molar refractivity (Wildman–Crippen MR) is 126 cm³/mol. The van der Waals surface area contributed by atoms with E-state index in [0.29, 0.717) is 42.3 Å². The fraction of sp³-hybridized carbons (Fsp3) is 0.143. The number of hydrogen-bond donors (Lipinski definition) is 3. The molecule has 0 saturated carbocycles. The van der Waals surface area contributed by atoms with Crippen molar-refractivity contribution in [2.45, 2.75) is 25.7 Å². The number of para-hydroxylation sites is 1. The van der Waals surface area contributed by atoms with Crippen LogP contribution in [0.4, 0.5) is 0 Å². The molecule has 0 aliphatic carbocycles. The van der Waals surface area contributed by atoms with Crippen LogP contribution < -0.4 is 9.47 Å². The van der Waals surface area contributed by atoms with Crippen LogP contribution in [-0.4, -0.2) is 15.3 Å². The van der Waals surface area contributed by atoms with E-state index in [9.17, 15) is 15.3 Å². The summed E-state index contributed by atoms with van der Waals surface area (Å²) in [5.41, 5.74) is 3.90. The van der Waals surface area contributed by atoms with Gasteiger partial charge in [0.1, 0.15) is 5.75 Å². The summed E-state index contributed by atoms with van der Waals surface area (Å²) in [6, 6.07) is 23.7. The topological polar surface area (TPSA) is 79.2 Å². The van der Waals surface area contributed by atoms with Crippen LogP contribution in [0.5, 0.6) is 40.2 Å². The summed E-state index contributed by atoms with van der Waals surface area (Å²) < 4.78 is 11.9. The number of aryl methyl sites for hydroxylation is 4. The molecule has 0 spiro atoms. The first-order chi connectivity index (χ1) is 16.0. The van der Waals surface area contributed by atoms with Crippen molar-refractivity contribution in [1.29, 1.82) is 0 Å². The van der Waals surface area contributed by atoms with E-state index >= 15 is 0 Å². The van der Waals surface area contributed by atoms with Gasteiger partial charge in [-0.05, 0) is 90.4 Å². The van der Waals surface area contributed by atoms with Crippen molar-refractivity contribution in [3.63, 3.8) is 0 Å². The van der Waals surface area contributed by atoms with Gasteiger partial charge < -0.3 is 24.8 Å². The highest BCUT2D eigenvalue weighted by atomic mass is 16.5. The van der Waals surface area contributed by atoms with Crippen LogP contribution in [0, 0.1) is 0 Å². The summed E-state index contributed by atoms with van der Waals surface area (Å²) in [4.78, 5) is 0. The third-order valence-corrected chi connectivity index (χ3v) is 5.87. The average Bonchev–Trinajstić information content (AvgIpc) is 2.82. The van der Waals surface area contributed by atoms with E-state index in [1.807, 2.05) is 48.5 Å². The molecule has 0 radical (unpaired) electrons. The van der Waals surface area contributed by atoms with E-state index in [1.54, 1.807) is 30.3 Å². The highest BCUT2D eigenvalue weighted by Crippen LogP contribution is 2.39. The van der Waals surface area contributed by atoms with Crippen molar-refractivity contribution in [2.24, 2.45) is 0 Å². The summed E-state index contributed by atoms with van der Waals surface area (Å²) >= 11 is 0. The Morgan fingerprint density at radius 2 is 1.21 bits per heavy atom. The van der Waals surface area contributed by atoms with Crippen LogP contribution in [-0.2, 0) is 25.7 Å². The summed E-state index contributed by atoms with van der Waals surface area (Å²) in [7, 11) is 0. The van der Waals surface area contributed by atoms with Gasteiger partial charge in [0.15, 0.2) is 34.5 Å². The SMILES string of the molecule is Oc1ccc2cc1Oc1ccc(cc1)CCc1cccc(O)c1Oc1ccc(cc1O)CC2. The van der Waals surface area contributed by atoms with Crippen molar-refractivity contribution in [2.75, 3.05) is 0 Å². The van der Waals surface area contributed by atoms with Crippen LogP contribution in [0.15, 0.2) is 78.9 Å². The summed E-state index contributed by atoms with van der Waals surface area (Å²) in [5.74, 6) is 1.84. The zero-order chi connectivity index (χ0) is 22.8. The van der Waals surface area contributed by atoms with Crippen LogP contribution in [0.1, 0.15) is 22.3 Å². The molecule has 8 rings (SSSR count). The second-order valence-electron chi connectivity index (χ2n) is 8.22. The highest BCUT2D eigenvalue weighted by molar-refractivity contribution is 5.52. The number of phenolic OH excluding ortho intramolecular Hbond substituents is 3. The third-order valence-electron chi connectivity index (χ3n) is 5.87. The molecule has 4 aliphatic heterocycles. The number of rotatable bonds is 0. The number of hydrogen-bond acceptors (Lipinski definition) is 5. The second kappa shape index (κ2) is 8.79. The molecule has 0 fully saturated rings. The maximum Gasteiger partial charge on any atom is 0.172 e. The molecule has 0 amide bonds. The zero-order valence-electron chi connectivity index (χ0n) is 18.0. The van der Waals surface area contributed by atoms with Crippen LogP contribution in [0.2, 0.25) is 0 Å². The van der Waals surface area contributed by atoms with Gasteiger partial charge in [-0.25, -0.2) is 0 Å². The Kier molecular flexibility index (Phi) is 5.53. The molecular weight excluding hydrogens is 416 g/mol. The van der Waals surface area contributed by atoms with Gasteiger partial charge in [0.05, 0.1) is 0 Å². The molecule has 4 aliphatic rings. The van der Waals surface area contributed by atoms with E-state index in [0.717, 1.165) is 28.7 Å². The van der Waals surface area contributed by atoms with Gasteiger partial charge in [0.25, 0.3) is 0 Å². The molecular formula is C28H24O5. The van der Waals surface area contributed by atoms with E-state index in [4.69, 9.17) is 9.47 Å². The van der Waals surface area contributed by atoms with Crippen molar-refractivity contribution in [1.82, 2.24) is 0 Å². The Hall–Kier alpha value is -4.12. The molecule has 3 N–H and O–H groups in total. The average molecular weight is 440 g/mol. The molecule has 0 unspecified atom stereocenters. The number of phenols is 3. The van der Waals surface area contributed by atoms with E-state index < -0.39 is 0 Å². The van der Waals surface area contributed by atoms with Crippen LogP contribution in [0.25, 0.3) is 0 Å². The molecule has 4 heterocycles.